The first-order chi connectivity index (χ1) is 10.1. The van der Waals surface area contributed by atoms with Crippen LogP contribution in [0.4, 0.5) is 0 Å². The highest BCUT2D eigenvalue weighted by atomic mass is 16.5. The number of morpholine rings is 1. The molecule has 4 heteroatoms. The van der Waals surface area contributed by atoms with Crippen LogP contribution in [0.1, 0.15) is 34.8 Å². The van der Waals surface area contributed by atoms with E-state index in [9.17, 15) is 4.79 Å². The molecule has 0 aliphatic carbocycles. The first-order valence-electron chi connectivity index (χ1n) is 7.69. The van der Waals surface area contributed by atoms with Crippen LogP contribution in [0.15, 0.2) is 12.1 Å². The number of carbonyl (C=O) groups is 1. The van der Waals surface area contributed by atoms with E-state index in [0.29, 0.717) is 13.0 Å². The largest absolute Gasteiger partial charge is 0.493 e. The highest BCUT2D eigenvalue weighted by Crippen LogP contribution is 2.26. The molecule has 1 aromatic rings. The molecule has 1 fully saturated rings. The van der Waals surface area contributed by atoms with Crippen molar-refractivity contribution in [1.82, 2.24) is 4.90 Å². The van der Waals surface area contributed by atoms with Gasteiger partial charge in [0, 0.05) is 26.1 Å². The van der Waals surface area contributed by atoms with Gasteiger partial charge in [0.2, 0.25) is 0 Å². The highest BCUT2D eigenvalue weighted by molar-refractivity contribution is 5.99. The molecule has 0 unspecified atom stereocenters. The van der Waals surface area contributed by atoms with Gasteiger partial charge in [-0.1, -0.05) is 6.07 Å². The van der Waals surface area contributed by atoms with Gasteiger partial charge in [0.15, 0.2) is 5.78 Å². The molecule has 2 rings (SSSR count). The molecule has 0 radical (unpaired) electrons. The lowest BCUT2D eigenvalue weighted by Gasteiger charge is -2.26. The molecule has 0 atom stereocenters. The quantitative estimate of drug-likeness (QED) is 0.755. The molecule has 0 bridgehead atoms. The monoisotopic (exact) mass is 291 g/mol. The second-order valence-corrected chi connectivity index (χ2v) is 5.52. The molecule has 0 N–H and O–H groups in total. The lowest BCUT2D eigenvalue weighted by molar-refractivity contribution is 0.0370. The van der Waals surface area contributed by atoms with E-state index in [0.717, 1.165) is 55.3 Å². The lowest BCUT2D eigenvalue weighted by Crippen LogP contribution is -2.37. The van der Waals surface area contributed by atoms with Crippen molar-refractivity contribution in [2.45, 2.75) is 27.2 Å². The molecule has 116 valence electrons. The number of hydrogen-bond acceptors (Lipinski definition) is 4. The molecule has 0 spiro atoms. The van der Waals surface area contributed by atoms with Crippen LogP contribution in [0.2, 0.25) is 0 Å². The fourth-order valence-corrected chi connectivity index (χ4v) is 2.72. The van der Waals surface area contributed by atoms with Crippen molar-refractivity contribution in [2.75, 3.05) is 39.5 Å². The summed E-state index contributed by atoms with van der Waals surface area (Å²) in [5, 5.41) is 0. The minimum Gasteiger partial charge on any atom is -0.493 e. The van der Waals surface area contributed by atoms with E-state index >= 15 is 0 Å². The van der Waals surface area contributed by atoms with Crippen molar-refractivity contribution in [1.29, 1.82) is 0 Å². The molecule has 0 aromatic heterocycles. The van der Waals surface area contributed by atoms with Crippen LogP contribution in [0, 0.1) is 13.8 Å². The SMILES string of the molecule is CCOc1c(C)cc(C)cc1C(=O)CCN1CCOCC1. The summed E-state index contributed by atoms with van der Waals surface area (Å²) < 4.78 is 11.0. The molecular weight excluding hydrogens is 266 g/mol. The summed E-state index contributed by atoms with van der Waals surface area (Å²) in [4.78, 5) is 14.8. The van der Waals surface area contributed by atoms with E-state index in [1.807, 2.05) is 26.8 Å². The van der Waals surface area contributed by atoms with Gasteiger partial charge < -0.3 is 9.47 Å². The van der Waals surface area contributed by atoms with Crippen LogP contribution in [-0.2, 0) is 4.74 Å². The molecule has 1 heterocycles. The fourth-order valence-electron chi connectivity index (χ4n) is 2.72. The minimum atomic E-state index is 0.164. The van der Waals surface area contributed by atoms with E-state index in [1.54, 1.807) is 0 Å². The van der Waals surface area contributed by atoms with Gasteiger partial charge in [-0.25, -0.2) is 0 Å². The maximum absolute atomic E-state index is 12.5. The van der Waals surface area contributed by atoms with E-state index in [2.05, 4.69) is 11.0 Å². The van der Waals surface area contributed by atoms with Crippen molar-refractivity contribution in [3.63, 3.8) is 0 Å². The normalized spacial score (nSPS) is 16.0. The first-order valence-corrected chi connectivity index (χ1v) is 7.69. The molecule has 1 saturated heterocycles. The summed E-state index contributed by atoms with van der Waals surface area (Å²) in [5.74, 6) is 0.909. The summed E-state index contributed by atoms with van der Waals surface area (Å²) >= 11 is 0. The Labute approximate surface area is 127 Å². The zero-order valence-corrected chi connectivity index (χ0v) is 13.3. The molecule has 1 aliphatic rings. The molecule has 21 heavy (non-hydrogen) atoms. The average Bonchev–Trinajstić information content (AvgIpc) is 2.48. The van der Waals surface area contributed by atoms with Crippen LogP contribution < -0.4 is 4.74 Å². The van der Waals surface area contributed by atoms with Crippen LogP contribution in [0.3, 0.4) is 0 Å². The second kappa shape index (κ2) is 7.57. The zero-order chi connectivity index (χ0) is 15.2. The molecule has 0 amide bonds. The van der Waals surface area contributed by atoms with Gasteiger partial charge in [0.05, 0.1) is 25.4 Å². The van der Waals surface area contributed by atoms with Gasteiger partial charge in [0.25, 0.3) is 0 Å². The van der Waals surface area contributed by atoms with Crippen molar-refractivity contribution >= 4 is 5.78 Å². The summed E-state index contributed by atoms with van der Waals surface area (Å²) in [6.45, 7) is 10.7. The summed E-state index contributed by atoms with van der Waals surface area (Å²) in [7, 11) is 0. The number of nitrogens with zero attached hydrogens (tertiary/aromatic N) is 1. The molecular formula is C17H25NO3. The van der Waals surface area contributed by atoms with Gasteiger partial charge >= 0.3 is 0 Å². The van der Waals surface area contributed by atoms with Gasteiger partial charge in [-0.15, -0.1) is 0 Å². The van der Waals surface area contributed by atoms with E-state index in [-0.39, 0.29) is 5.78 Å². The number of aryl methyl sites for hydroxylation is 2. The fraction of sp³-hybridized carbons (Fsp3) is 0.588. The Kier molecular flexibility index (Phi) is 5.76. The van der Waals surface area contributed by atoms with E-state index < -0.39 is 0 Å². The molecule has 1 aliphatic heterocycles. The number of benzene rings is 1. The predicted octanol–water partition coefficient (Wildman–Crippen LogP) is 2.61. The Morgan fingerprint density at radius 3 is 2.67 bits per heavy atom. The Bertz CT molecular complexity index is 493. The Morgan fingerprint density at radius 1 is 1.29 bits per heavy atom. The lowest BCUT2D eigenvalue weighted by atomic mass is 10.0. The Balaban J connectivity index is 2.06. The summed E-state index contributed by atoms with van der Waals surface area (Å²) in [5.41, 5.74) is 2.86. The number of ether oxygens (including phenoxy) is 2. The maximum atomic E-state index is 12.5. The zero-order valence-electron chi connectivity index (χ0n) is 13.3. The number of ketones is 1. The second-order valence-electron chi connectivity index (χ2n) is 5.52. The number of Topliss-reactive ketones (excluding diaryl/α,β-unsaturated/α-hetero) is 1. The summed E-state index contributed by atoms with van der Waals surface area (Å²) in [6, 6.07) is 4.00. The van der Waals surface area contributed by atoms with Gasteiger partial charge in [0.1, 0.15) is 5.75 Å². The number of hydrogen-bond donors (Lipinski definition) is 0. The van der Waals surface area contributed by atoms with Crippen LogP contribution in [0.5, 0.6) is 5.75 Å². The van der Waals surface area contributed by atoms with E-state index in [4.69, 9.17) is 9.47 Å². The molecule has 1 aromatic carbocycles. The Morgan fingerprint density at radius 2 is 2.00 bits per heavy atom. The third-order valence-corrected chi connectivity index (χ3v) is 3.77. The average molecular weight is 291 g/mol. The first kappa shape index (κ1) is 16.0. The number of rotatable bonds is 6. The predicted molar refractivity (Wildman–Crippen MR) is 83.3 cm³/mol. The van der Waals surface area contributed by atoms with Gasteiger partial charge in [-0.3, -0.25) is 9.69 Å². The smallest absolute Gasteiger partial charge is 0.167 e. The van der Waals surface area contributed by atoms with Crippen molar-refractivity contribution in [3.05, 3.63) is 28.8 Å². The van der Waals surface area contributed by atoms with Crippen LogP contribution >= 0.6 is 0 Å². The third-order valence-electron chi connectivity index (χ3n) is 3.77. The molecule has 0 saturated carbocycles. The van der Waals surface area contributed by atoms with Crippen LogP contribution in [-0.4, -0.2) is 50.1 Å². The van der Waals surface area contributed by atoms with Crippen LogP contribution in [0.25, 0.3) is 0 Å². The van der Waals surface area contributed by atoms with Crippen molar-refractivity contribution in [2.24, 2.45) is 0 Å². The molecule has 4 nitrogen and oxygen atoms in total. The van der Waals surface area contributed by atoms with Crippen molar-refractivity contribution in [3.8, 4) is 5.75 Å². The van der Waals surface area contributed by atoms with Crippen molar-refractivity contribution < 1.29 is 14.3 Å². The standard InChI is InChI=1S/C17H25NO3/c1-4-21-17-14(3)11-13(2)12-15(17)16(19)5-6-18-7-9-20-10-8-18/h11-12H,4-10H2,1-3H3. The van der Waals surface area contributed by atoms with Gasteiger partial charge in [-0.05, 0) is 38.0 Å². The Hall–Kier alpha value is -1.39. The highest BCUT2D eigenvalue weighted by Gasteiger charge is 2.17. The number of carbonyl (C=O) groups excluding carboxylic acids is 1. The minimum absolute atomic E-state index is 0.164. The van der Waals surface area contributed by atoms with Gasteiger partial charge in [-0.2, -0.15) is 0 Å². The maximum Gasteiger partial charge on any atom is 0.167 e. The third kappa shape index (κ3) is 4.29. The summed E-state index contributed by atoms with van der Waals surface area (Å²) in [6.07, 6.45) is 0.531. The topological polar surface area (TPSA) is 38.8 Å². The van der Waals surface area contributed by atoms with E-state index in [1.165, 1.54) is 0 Å².